The van der Waals surface area contributed by atoms with E-state index in [0.29, 0.717) is 29.6 Å². The molecule has 1 saturated heterocycles. The summed E-state index contributed by atoms with van der Waals surface area (Å²) in [6, 6.07) is 6.31. The number of hydrogen-bond acceptors (Lipinski definition) is 5. The van der Waals surface area contributed by atoms with Crippen LogP contribution in [0.4, 0.5) is 4.39 Å². The first-order valence-electron chi connectivity index (χ1n) is 8.38. The standard InChI is InChI=1S/C17H20FN5O2S/c1-11(24)19-12-5-4-8-23(9-12)15(25)10-26-17-20-16(21-22-17)13-6-2-3-7-14(13)18/h2-3,6-7,12H,4-5,8-10H2,1H3,(H,19,24)(H,20,21,22). The molecule has 1 atom stereocenters. The summed E-state index contributed by atoms with van der Waals surface area (Å²) in [5.41, 5.74) is 0.340. The van der Waals surface area contributed by atoms with Crippen molar-refractivity contribution in [3.8, 4) is 11.4 Å². The Balaban J connectivity index is 1.55. The average Bonchev–Trinajstić information content (AvgIpc) is 3.08. The van der Waals surface area contributed by atoms with Crippen molar-refractivity contribution in [3.63, 3.8) is 0 Å². The van der Waals surface area contributed by atoms with E-state index < -0.39 is 0 Å². The normalized spacial score (nSPS) is 17.2. The third-order valence-corrected chi connectivity index (χ3v) is 4.93. The zero-order chi connectivity index (χ0) is 18.5. The van der Waals surface area contributed by atoms with Crippen molar-refractivity contribution in [2.45, 2.75) is 31.0 Å². The van der Waals surface area contributed by atoms with Crippen molar-refractivity contribution in [2.75, 3.05) is 18.8 Å². The number of amides is 2. The number of hydrogen-bond donors (Lipinski definition) is 2. The molecule has 1 aromatic carbocycles. The fourth-order valence-electron chi connectivity index (χ4n) is 2.91. The topological polar surface area (TPSA) is 91.0 Å². The van der Waals surface area contributed by atoms with Crippen LogP contribution in [0.3, 0.4) is 0 Å². The summed E-state index contributed by atoms with van der Waals surface area (Å²) in [5, 5.41) is 10.00. The van der Waals surface area contributed by atoms with Crippen LogP contribution in [0.5, 0.6) is 0 Å². The molecule has 0 radical (unpaired) electrons. The quantitative estimate of drug-likeness (QED) is 0.776. The molecular formula is C17H20FN5O2S. The van der Waals surface area contributed by atoms with E-state index in [4.69, 9.17) is 0 Å². The molecule has 3 rings (SSSR count). The smallest absolute Gasteiger partial charge is 0.233 e. The van der Waals surface area contributed by atoms with E-state index in [2.05, 4.69) is 20.5 Å². The highest BCUT2D eigenvalue weighted by molar-refractivity contribution is 7.99. The average molecular weight is 377 g/mol. The lowest BCUT2D eigenvalue weighted by Crippen LogP contribution is -2.49. The predicted molar refractivity (Wildman–Crippen MR) is 95.9 cm³/mol. The highest BCUT2D eigenvalue weighted by Gasteiger charge is 2.24. The molecule has 0 bridgehead atoms. The fraction of sp³-hybridized carbons (Fsp3) is 0.412. The summed E-state index contributed by atoms with van der Waals surface area (Å²) in [5.74, 6) is 0.0409. The number of H-pyrrole nitrogens is 1. The monoisotopic (exact) mass is 377 g/mol. The van der Waals surface area contributed by atoms with Gasteiger partial charge in [0.15, 0.2) is 5.82 Å². The lowest BCUT2D eigenvalue weighted by atomic mass is 10.1. The van der Waals surface area contributed by atoms with E-state index in [0.717, 1.165) is 12.8 Å². The number of halogens is 1. The van der Waals surface area contributed by atoms with Crippen LogP contribution in [0.15, 0.2) is 29.4 Å². The van der Waals surface area contributed by atoms with Crippen LogP contribution in [0, 0.1) is 5.82 Å². The number of carbonyl (C=O) groups is 2. The van der Waals surface area contributed by atoms with Crippen molar-refractivity contribution < 1.29 is 14.0 Å². The molecule has 1 aliphatic rings. The van der Waals surface area contributed by atoms with E-state index in [9.17, 15) is 14.0 Å². The van der Waals surface area contributed by atoms with E-state index in [-0.39, 0.29) is 29.4 Å². The van der Waals surface area contributed by atoms with Gasteiger partial charge in [0.05, 0.1) is 11.3 Å². The molecule has 0 spiro atoms. The van der Waals surface area contributed by atoms with Crippen LogP contribution in [-0.2, 0) is 9.59 Å². The third kappa shape index (κ3) is 4.60. The number of rotatable bonds is 5. The largest absolute Gasteiger partial charge is 0.352 e. The van der Waals surface area contributed by atoms with Crippen molar-refractivity contribution in [1.82, 2.24) is 25.4 Å². The Morgan fingerprint density at radius 2 is 2.23 bits per heavy atom. The van der Waals surface area contributed by atoms with Gasteiger partial charge in [-0.25, -0.2) is 9.37 Å². The lowest BCUT2D eigenvalue weighted by molar-refractivity contribution is -0.130. The number of likely N-dealkylation sites (tertiary alicyclic amines) is 1. The number of thioether (sulfide) groups is 1. The first-order valence-corrected chi connectivity index (χ1v) is 9.36. The Morgan fingerprint density at radius 3 is 3.00 bits per heavy atom. The Morgan fingerprint density at radius 1 is 1.42 bits per heavy atom. The Bertz CT molecular complexity index is 797. The Labute approximate surface area is 154 Å². The minimum atomic E-state index is -0.381. The number of nitrogens with zero attached hydrogens (tertiary/aromatic N) is 3. The second-order valence-corrected chi connectivity index (χ2v) is 7.06. The highest BCUT2D eigenvalue weighted by atomic mass is 32.2. The summed E-state index contributed by atoms with van der Waals surface area (Å²) < 4.78 is 13.8. The number of aromatic amines is 1. The maximum atomic E-state index is 13.8. The van der Waals surface area contributed by atoms with E-state index in [1.165, 1.54) is 24.8 Å². The fourth-order valence-corrected chi connectivity index (χ4v) is 3.61. The Hall–Kier alpha value is -2.42. The van der Waals surface area contributed by atoms with Gasteiger partial charge in [0.1, 0.15) is 5.82 Å². The molecule has 0 saturated carbocycles. The first-order chi connectivity index (χ1) is 12.5. The third-order valence-electron chi connectivity index (χ3n) is 4.10. The summed E-state index contributed by atoms with van der Waals surface area (Å²) in [6.45, 7) is 2.68. The Kier molecular flexibility index (Phi) is 5.87. The van der Waals surface area contributed by atoms with Crippen molar-refractivity contribution in [1.29, 1.82) is 0 Å². The lowest BCUT2D eigenvalue weighted by Gasteiger charge is -2.32. The van der Waals surface area contributed by atoms with Crippen LogP contribution < -0.4 is 5.32 Å². The van der Waals surface area contributed by atoms with Gasteiger partial charge < -0.3 is 10.2 Å². The molecule has 2 N–H and O–H groups in total. The van der Waals surface area contributed by atoms with Gasteiger partial charge >= 0.3 is 0 Å². The maximum Gasteiger partial charge on any atom is 0.233 e. The first kappa shape index (κ1) is 18.4. The molecule has 138 valence electrons. The number of nitrogens with one attached hydrogen (secondary N) is 2. The molecular weight excluding hydrogens is 357 g/mol. The van der Waals surface area contributed by atoms with Crippen LogP contribution in [0.25, 0.3) is 11.4 Å². The second kappa shape index (κ2) is 8.31. The van der Waals surface area contributed by atoms with Crippen LogP contribution in [-0.4, -0.2) is 56.8 Å². The summed E-state index contributed by atoms with van der Waals surface area (Å²) in [4.78, 5) is 29.6. The van der Waals surface area contributed by atoms with Gasteiger partial charge in [-0.3, -0.25) is 14.7 Å². The van der Waals surface area contributed by atoms with Crippen molar-refractivity contribution in [2.24, 2.45) is 0 Å². The molecule has 7 nitrogen and oxygen atoms in total. The van der Waals surface area contributed by atoms with E-state index >= 15 is 0 Å². The maximum absolute atomic E-state index is 13.8. The van der Waals surface area contributed by atoms with Crippen LogP contribution >= 0.6 is 11.8 Å². The van der Waals surface area contributed by atoms with Gasteiger partial charge in [-0.2, -0.15) is 0 Å². The molecule has 2 amide bonds. The molecule has 0 aliphatic carbocycles. The minimum absolute atomic E-state index is 0.00590. The zero-order valence-corrected chi connectivity index (χ0v) is 15.2. The van der Waals surface area contributed by atoms with Gasteiger partial charge in [0.25, 0.3) is 0 Å². The van der Waals surface area contributed by atoms with Gasteiger partial charge in [-0.15, -0.1) is 5.10 Å². The molecule has 1 aromatic heterocycles. The molecule has 9 heteroatoms. The number of carbonyl (C=O) groups excluding carboxylic acids is 2. The van der Waals surface area contributed by atoms with Gasteiger partial charge in [-0.05, 0) is 25.0 Å². The number of piperidine rings is 1. The zero-order valence-electron chi connectivity index (χ0n) is 14.4. The van der Waals surface area contributed by atoms with E-state index in [1.807, 2.05) is 0 Å². The van der Waals surface area contributed by atoms with Crippen LogP contribution in [0.2, 0.25) is 0 Å². The molecule has 1 unspecified atom stereocenters. The SMILES string of the molecule is CC(=O)NC1CCCN(C(=O)CSc2n[nH]c(-c3ccccc3F)n2)C1. The highest BCUT2D eigenvalue weighted by Crippen LogP contribution is 2.22. The van der Waals surface area contributed by atoms with E-state index in [1.54, 1.807) is 23.1 Å². The van der Waals surface area contributed by atoms with Crippen LogP contribution in [0.1, 0.15) is 19.8 Å². The van der Waals surface area contributed by atoms with Gasteiger partial charge in [0, 0.05) is 26.1 Å². The molecule has 2 aromatic rings. The summed E-state index contributed by atoms with van der Waals surface area (Å²) in [7, 11) is 0. The molecule has 1 fully saturated rings. The summed E-state index contributed by atoms with van der Waals surface area (Å²) >= 11 is 1.20. The van der Waals surface area contributed by atoms with Gasteiger partial charge in [-0.1, -0.05) is 23.9 Å². The predicted octanol–water partition coefficient (Wildman–Crippen LogP) is 1.83. The second-order valence-electron chi connectivity index (χ2n) is 6.11. The molecule has 2 heterocycles. The summed E-state index contributed by atoms with van der Waals surface area (Å²) in [6.07, 6.45) is 1.74. The number of benzene rings is 1. The number of aromatic nitrogens is 3. The minimum Gasteiger partial charge on any atom is -0.352 e. The molecule has 1 aliphatic heterocycles. The van der Waals surface area contributed by atoms with Crippen molar-refractivity contribution >= 4 is 23.6 Å². The van der Waals surface area contributed by atoms with Gasteiger partial charge in [0.2, 0.25) is 17.0 Å². The van der Waals surface area contributed by atoms with Crippen molar-refractivity contribution in [3.05, 3.63) is 30.1 Å². The molecule has 26 heavy (non-hydrogen) atoms.